The Morgan fingerprint density at radius 1 is 0.842 bits per heavy atom. The molecule has 2 atom stereocenters. The van der Waals surface area contributed by atoms with Crippen LogP contribution in [0.3, 0.4) is 0 Å². The van der Waals surface area contributed by atoms with Crippen LogP contribution in [-0.2, 0) is 32.2 Å². The van der Waals surface area contributed by atoms with E-state index < -0.39 is 11.8 Å². The number of nitrogens with two attached hydrogens (primary N) is 2. The number of carbonyl (C=O) groups excluding carboxylic acids is 2. The minimum atomic E-state index is -0.798. The van der Waals surface area contributed by atoms with Gasteiger partial charge in [0.25, 0.3) is 0 Å². The number of carbonyl (C=O) groups is 2. The highest BCUT2D eigenvalue weighted by molar-refractivity contribution is 9.10. The highest BCUT2D eigenvalue weighted by Crippen LogP contribution is 2.31. The minimum Gasteiger partial charge on any atom is -0.383 e. The van der Waals surface area contributed by atoms with E-state index in [0.717, 1.165) is 70.9 Å². The van der Waals surface area contributed by atoms with E-state index in [9.17, 15) is 9.59 Å². The summed E-state index contributed by atoms with van der Waals surface area (Å²) in [5.41, 5.74) is 17.2. The number of benzene rings is 1. The van der Waals surface area contributed by atoms with Crippen LogP contribution < -0.4 is 21.7 Å². The first-order valence-corrected chi connectivity index (χ1v) is 19.8. The first-order chi connectivity index (χ1) is 27.6. The number of anilines is 4. The van der Waals surface area contributed by atoms with Crippen molar-refractivity contribution in [1.82, 2.24) is 39.4 Å². The van der Waals surface area contributed by atoms with Crippen LogP contribution in [0.1, 0.15) is 67.8 Å². The third-order valence-electron chi connectivity index (χ3n) is 10.1. The molecule has 2 aliphatic rings. The van der Waals surface area contributed by atoms with E-state index in [1.165, 1.54) is 17.5 Å². The number of pyridine rings is 3. The Balaban J connectivity index is 0.000000241. The topological polar surface area (TPSA) is 197 Å². The van der Waals surface area contributed by atoms with Gasteiger partial charge in [0.1, 0.15) is 35.1 Å². The number of halogens is 1. The average molecular weight is 840 g/mol. The number of rotatable bonds is 8. The van der Waals surface area contributed by atoms with Gasteiger partial charge in [-0.15, -0.1) is 0 Å². The molecule has 0 saturated carbocycles. The van der Waals surface area contributed by atoms with Crippen LogP contribution in [0.25, 0.3) is 21.8 Å². The number of hydrogen-bond acceptors (Lipinski definition) is 12. The predicted molar refractivity (Wildman–Crippen MR) is 222 cm³/mol. The molecule has 57 heavy (non-hydrogen) atoms. The van der Waals surface area contributed by atoms with Crippen LogP contribution in [-0.4, -0.2) is 78.5 Å². The summed E-state index contributed by atoms with van der Waals surface area (Å²) in [6.45, 7) is 3.88. The molecule has 5 N–H and O–H groups in total. The van der Waals surface area contributed by atoms with Crippen molar-refractivity contribution in [2.45, 2.75) is 71.0 Å². The van der Waals surface area contributed by atoms with Crippen molar-refractivity contribution in [2.75, 3.05) is 49.0 Å². The Bertz CT molecular complexity index is 2310. The Kier molecular flexibility index (Phi) is 12.3. The molecule has 298 valence electrons. The maximum absolute atomic E-state index is 13.6. The molecule has 0 bridgehead atoms. The Morgan fingerprint density at radius 2 is 1.49 bits per heavy atom. The number of aromatic nitrogens is 7. The molecule has 2 amide bonds. The molecule has 2 aliphatic heterocycles. The predicted octanol–water partition coefficient (Wildman–Crippen LogP) is 6.12. The van der Waals surface area contributed by atoms with Crippen molar-refractivity contribution in [1.29, 1.82) is 0 Å². The molecule has 0 spiro atoms. The van der Waals surface area contributed by atoms with Gasteiger partial charge in [0, 0.05) is 64.3 Å². The van der Waals surface area contributed by atoms with Crippen LogP contribution in [0.5, 0.6) is 0 Å². The lowest BCUT2D eigenvalue weighted by molar-refractivity contribution is -0.144. The fourth-order valence-electron chi connectivity index (χ4n) is 7.04. The van der Waals surface area contributed by atoms with E-state index in [1.807, 2.05) is 73.2 Å². The van der Waals surface area contributed by atoms with Gasteiger partial charge in [-0.1, -0.05) is 18.2 Å². The van der Waals surface area contributed by atoms with Crippen molar-refractivity contribution < 1.29 is 19.1 Å². The lowest BCUT2D eigenvalue weighted by atomic mass is 10.1. The molecule has 2 unspecified atom stereocenters. The van der Waals surface area contributed by atoms with E-state index in [1.54, 1.807) is 23.3 Å². The van der Waals surface area contributed by atoms with Crippen LogP contribution >= 0.6 is 15.9 Å². The number of nitrogen functional groups attached to an aromatic ring is 2. The van der Waals surface area contributed by atoms with Gasteiger partial charge < -0.3 is 36.1 Å². The van der Waals surface area contributed by atoms with Gasteiger partial charge in [0.15, 0.2) is 0 Å². The minimum absolute atomic E-state index is 0.0300. The summed E-state index contributed by atoms with van der Waals surface area (Å²) in [7, 11) is 3.94. The molecule has 6 aromatic rings. The maximum atomic E-state index is 13.6. The van der Waals surface area contributed by atoms with E-state index in [-0.39, 0.29) is 31.4 Å². The van der Waals surface area contributed by atoms with E-state index >= 15 is 0 Å². The number of hydrogen-bond donors (Lipinski definition) is 3. The quantitative estimate of drug-likeness (QED) is 0.149. The van der Waals surface area contributed by atoms with Gasteiger partial charge >= 0.3 is 11.8 Å². The summed E-state index contributed by atoms with van der Waals surface area (Å²) >= 11 is 3.43. The van der Waals surface area contributed by atoms with Gasteiger partial charge in [0.05, 0.1) is 39.4 Å². The standard InChI is InChI=1S/C29H34N8O3.C11H13BrN4O/c1-19-20(9-8-11-24(19)35(2)3)16-36(17-21-10-4-6-13-31-21)29(39)28(38)33-23-15-32-27(30)22-18-37(34-26(22)23)25-12-5-7-14-40-25;12-8-5-14-11(13)7-6-16(15-10(7)8)9-3-1-2-4-17-9/h4,6,8-11,13,15,18,25H,5,7,12,14,16-17H2,1-3H3,(H2,30,32)(H,33,38);5-6,9H,1-4H2,(H2,13,14). The number of nitrogens with zero attached hydrogens (tertiary/aromatic N) is 9. The van der Waals surface area contributed by atoms with Gasteiger partial charge in [-0.25, -0.2) is 19.3 Å². The first kappa shape index (κ1) is 39.6. The second kappa shape index (κ2) is 17.7. The average Bonchev–Trinajstić information content (AvgIpc) is 3.90. The Hall–Kier alpha value is -5.65. The molecule has 7 heterocycles. The number of nitrogens with one attached hydrogen (secondary N) is 1. The van der Waals surface area contributed by atoms with Crippen LogP contribution in [0.15, 0.2) is 71.9 Å². The molecule has 16 nitrogen and oxygen atoms in total. The Morgan fingerprint density at radius 3 is 2.09 bits per heavy atom. The summed E-state index contributed by atoms with van der Waals surface area (Å²) in [5, 5.41) is 13.4. The monoisotopic (exact) mass is 838 g/mol. The second-order valence-electron chi connectivity index (χ2n) is 14.3. The third-order valence-corrected chi connectivity index (χ3v) is 10.7. The zero-order valence-electron chi connectivity index (χ0n) is 32.3. The summed E-state index contributed by atoms with van der Waals surface area (Å²) in [5.74, 6) is -0.700. The lowest BCUT2D eigenvalue weighted by Gasteiger charge is -2.25. The molecule has 5 aromatic heterocycles. The number of ether oxygens (including phenoxy) is 2. The molecular formula is C40H47BrN12O4. The fraction of sp³-hybridized carbons (Fsp3) is 0.375. The van der Waals surface area contributed by atoms with Crippen LogP contribution in [0.2, 0.25) is 0 Å². The van der Waals surface area contributed by atoms with Crippen molar-refractivity contribution in [3.63, 3.8) is 0 Å². The van der Waals surface area contributed by atoms with Gasteiger partial charge in [-0.3, -0.25) is 14.6 Å². The largest absolute Gasteiger partial charge is 0.383 e. The molecule has 1 aromatic carbocycles. The normalized spacial score (nSPS) is 16.8. The smallest absolute Gasteiger partial charge is 0.314 e. The summed E-state index contributed by atoms with van der Waals surface area (Å²) in [6.07, 6.45) is 14.5. The maximum Gasteiger partial charge on any atom is 0.314 e. The van der Waals surface area contributed by atoms with E-state index in [2.05, 4.69) is 46.4 Å². The van der Waals surface area contributed by atoms with Gasteiger partial charge in [0.2, 0.25) is 0 Å². The zero-order chi connectivity index (χ0) is 40.1. The van der Waals surface area contributed by atoms with E-state index in [0.29, 0.717) is 34.7 Å². The van der Waals surface area contributed by atoms with Crippen molar-refractivity contribution >= 4 is 72.6 Å². The molecule has 8 rings (SSSR count). The van der Waals surface area contributed by atoms with Crippen LogP contribution in [0, 0.1) is 6.92 Å². The fourth-order valence-corrected chi connectivity index (χ4v) is 7.44. The second-order valence-corrected chi connectivity index (χ2v) is 15.2. The molecule has 0 radical (unpaired) electrons. The molecule has 2 fully saturated rings. The third kappa shape index (κ3) is 9.00. The summed E-state index contributed by atoms with van der Waals surface area (Å²) < 4.78 is 16.0. The molecule has 2 saturated heterocycles. The Labute approximate surface area is 338 Å². The van der Waals surface area contributed by atoms with Crippen molar-refractivity contribution in [2.24, 2.45) is 0 Å². The summed E-state index contributed by atoms with van der Waals surface area (Å²) in [6, 6.07) is 11.4. The highest BCUT2D eigenvalue weighted by atomic mass is 79.9. The van der Waals surface area contributed by atoms with Crippen LogP contribution in [0.4, 0.5) is 23.0 Å². The zero-order valence-corrected chi connectivity index (χ0v) is 33.9. The summed E-state index contributed by atoms with van der Waals surface area (Å²) in [4.78, 5) is 43.2. The molecule has 17 heteroatoms. The molecular weight excluding hydrogens is 792 g/mol. The number of fused-ring (bicyclic) bond motifs is 2. The first-order valence-electron chi connectivity index (χ1n) is 19.0. The van der Waals surface area contributed by atoms with Crippen molar-refractivity contribution in [3.05, 3.63) is 88.7 Å². The molecule has 0 aliphatic carbocycles. The van der Waals surface area contributed by atoms with Gasteiger partial charge in [-0.05, 0) is 90.7 Å². The lowest BCUT2D eigenvalue weighted by Crippen LogP contribution is -2.39. The number of amides is 2. The van der Waals surface area contributed by atoms with E-state index in [4.69, 9.17) is 20.9 Å². The highest BCUT2D eigenvalue weighted by Gasteiger charge is 2.26. The van der Waals surface area contributed by atoms with Crippen molar-refractivity contribution in [3.8, 4) is 0 Å². The van der Waals surface area contributed by atoms with Gasteiger partial charge in [-0.2, -0.15) is 10.2 Å². The SMILES string of the molecule is Cc1c(CN(Cc2ccccn2)C(=O)C(=O)Nc2cnc(N)c3cn(C4CCCCO4)nc23)cccc1N(C)C.Nc1ncc(Br)c2nn(C3CCCCO3)cc12.